The second kappa shape index (κ2) is 6.52. The van der Waals surface area contributed by atoms with Crippen LogP contribution in [0.4, 0.5) is 0 Å². The van der Waals surface area contributed by atoms with Crippen LogP contribution in [-0.2, 0) is 6.42 Å². The maximum atomic E-state index is 5.78. The summed E-state index contributed by atoms with van der Waals surface area (Å²) >= 11 is 3.35. The molecule has 0 saturated carbocycles. The zero-order valence-electron chi connectivity index (χ0n) is 10.9. The molecule has 0 N–H and O–H groups in total. The van der Waals surface area contributed by atoms with Crippen molar-refractivity contribution in [3.63, 3.8) is 0 Å². The highest BCUT2D eigenvalue weighted by molar-refractivity contribution is 9.10. The van der Waals surface area contributed by atoms with E-state index in [2.05, 4.69) is 25.9 Å². The molecule has 4 nitrogen and oxygen atoms in total. The van der Waals surface area contributed by atoms with Gasteiger partial charge in [0.1, 0.15) is 10.4 Å². The molecule has 0 aliphatic carbocycles. The number of hydrogen-bond acceptors (Lipinski definition) is 4. The molecule has 0 aliphatic rings. The molecule has 1 aromatic carbocycles. The number of aromatic nitrogens is 2. The predicted molar refractivity (Wildman–Crippen MR) is 76.8 cm³/mol. The van der Waals surface area contributed by atoms with Gasteiger partial charge >= 0.3 is 0 Å². The largest absolute Gasteiger partial charge is 0.490 e. The number of ether oxygens (including phenoxy) is 2. The summed E-state index contributed by atoms with van der Waals surface area (Å²) in [5.74, 6) is 2.60. The monoisotopic (exact) mass is 322 g/mol. The van der Waals surface area contributed by atoms with Gasteiger partial charge in [-0.25, -0.2) is 4.98 Å². The first kappa shape index (κ1) is 13.8. The Labute approximate surface area is 120 Å². The van der Waals surface area contributed by atoms with Gasteiger partial charge in [0.15, 0.2) is 11.5 Å². The Balaban J connectivity index is 2.28. The second-order valence-corrected chi connectivity index (χ2v) is 4.59. The van der Waals surface area contributed by atoms with Crippen molar-refractivity contribution in [2.24, 2.45) is 0 Å². The third-order valence-electron chi connectivity index (χ3n) is 2.40. The Kier molecular flexibility index (Phi) is 4.74. The van der Waals surface area contributed by atoms with E-state index in [4.69, 9.17) is 9.47 Å². The summed E-state index contributed by atoms with van der Waals surface area (Å²) in [7, 11) is 0. The van der Waals surface area contributed by atoms with E-state index in [1.807, 2.05) is 38.1 Å². The molecule has 100 valence electrons. The van der Waals surface area contributed by atoms with Crippen LogP contribution in [0.25, 0.3) is 0 Å². The zero-order chi connectivity index (χ0) is 13.7. The van der Waals surface area contributed by atoms with Crippen LogP contribution in [0.2, 0.25) is 0 Å². The van der Waals surface area contributed by atoms with Crippen LogP contribution in [0.15, 0.2) is 34.9 Å². The van der Waals surface area contributed by atoms with E-state index in [-0.39, 0.29) is 0 Å². The molecule has 0 aliphatic heterocycles. The Bertz CT molecular complexity index is 561. The van der Waals surface area contributed by atoms with Crippen molar-refractivity contribution in [1.82, 2.24) is 9.97 Å². The molecule has 0 radical (unpaired) electrons. The van der Waals surface area contributed by atoms with Crippen LogP contribution < -0.4 is 9.47 Å². The van der Waals surface area contributed by atoms with Gasteiger partial charge in [0.25, 0.3) is 0 Å². The fourth-order valence-corrected chi connectivity index (χ4v) is 1.97. The summed E-state index contributed by atoms with van der Waals surface area (Å²) in [6.07, 6.45) is 0.753. The molecule has 0 atom stereocenters. The van der Waals surface area contributed by atoms with Gasteiger partial charge in [-0.05, 0) is 35.0 Å². The van der Waals surface area contributed by atoms with Crippen molar-refractivity contribution in [1.29, 1.82) is 0 Å². The van der Waals surface area contributed by atoms with Crippen LogP contribution in [0, 0.1) is 0 Å². The number of rotatable bonds is 5. The average molecular weight is 323 g/mol. The van der Waals surface area contributed by atoms with Crippen LogP contribution in [-0.4, -0.2) is 16.6 Å². The molecule has 0 amide bonds. The molecule has 0 bridgehead atoms. The van der Waals surface area contributed by atoms with Crippen molar-refractivity contribution in [3.05, 3.63) is 40.8 Å². The molecule has 0 saturated heterocycles. The van der Waals surface area contributed by atoms with Crippen molar-refractivity contribution in [2.75, 3.05) is 6.61 Å². The predicted octanol–water partition coefficient (Wildman–Crippen LogP) is 3.99. The summed E-state index contributed by atoms with van der Waals surface area (Å²) in [5, 5.41) is 0. The van der Waals surface area contributed by atoms with E-state index < -0.39 is 0 Å². The molecular weight excluding hydrogens is 308 g/mol. The van der Waals surface area contributed by atoms with E-state index in [0.29, 0.717) is 28.6 Å². The Morgan fingerprint density at radius 3 is 2.53 bits per heavy atom. The molecule has 1 heterocycles. The lowest BCUT2D eigenvalue weighted by molar-refractivity contribution is 0.319. The van der Waals surface area contributed by atoms with Crippen LogP contribution in [0.5, 0.6) is 17.4 Å². The van der Waals surface area contributed by atoms with Crippen molar-refractivity contribution >= 4 is 15.9 Å². The first-order valence-corrected chi connectivity index (χ1v) is 6.95. The van der Waals surface area contributed by atoms with Gasteiger partial charge in [-0.15, -0.1) is 0 Å². The Morgan fingerprint density at radius 1 is 1.11 bits per heavy atom. The van der Waals surface area contributed by atoms with E-state index in [9.17, 15) is 0 Å². The molecule has 2 rings (SSSR count). The quantitative estimate of drug-likeness (QED) is 0.781. The summed E-state index contributed by atoms with van der Waals surface area (Å²) in [6, 6.07) is 9.27. The van der Waals surface area contributed by atoms with Gasteiger partial charge in [0.05, 0.1) is 6.61 Å². The third-order valence-corrected chi connectivity index (χ3v) is 2.80. The summed E-state index contributed by atoms with van der Waals surface area (Å²) in [4.78, 5) is 8.58. The minimum absolute atomic E-state index is 0.505. The summed E-state index contributed by atoms with van der Waals surface area (Å²) in [6.45, 7) is 4.53. The Hall–Kier alpha value is -1.62. The number of nitrogens with zero attached hydrogens (tertiary/aromatic N) is 2. The number of halogens is 1. The maximum absolute atomic E-state index is 5.78. The molecular formula is C14H15BrN2O2. The first-order valence-electron chi connectivity index (χ1n) is 6.16. The smallest absolute Gasteiger partial charge is 0.223 e. The fourth-order valence-electron chi connectivity index (χ4n) is 1.57. The highest BCUT2D eigenvalue weighted by Crippen LogP contribution is 2.31. The minimum Gasteiger partial charge on any atom is -0.490 e. The van der Waals surface area contributed by atoms with Gasteiger partial charge in [-0.1, -0.05) is 19.1 Å². The molecule has 1 aromatic heterocycles. The topological polar surface area (TPSA) is 44.2 Å². The van der Waals surface area contributed by atoms with Crippen LogP contribution >= 0.6 is 15.9 Å². The minimum atomic E-state index is 0.505. The lowest BCUT2D eigenvalue weighted by atomic mass is 10.3. The molecule has 5 heteroatoms. The highest BCUT2D eigenvalue weighted by atomic mass is 79.9. The van der Waals surface area contributed by atoms with Crippen molar-refractivity contribution < 1.29 is 9.47 Å². The van der Waals surface area contributed by atoms with Gasteiger partial charge in [0.2, 0.25) is 5.88 Å². The van der Waals surface area contributed by atoms with Gasteiger partial charge in [-0.3, -0.25) is 0 Å². The molecule has 2 aromatic rings. The van der Waals surface area contributed by atoms with E-state index >= 15 is 0 Å². The fraction of sp³-hybridized carbons (Fsp3) is 0.286. The lowest BCUT2D eigenvalue weighted by Crippen LogP contribution is -1.98. The number of hydrogen-bond donors (Lipinski definition) is 0. The number of benzene rings is 1. The maximum Gasteiger partial charge on any atom is 0.223 e. The highest BCUT2D eigenvalue weighted by Gasteiger charge is 2.08. The van der Waals surface area contributed by atoms with Crippen molar-refractivity contribution in [3.8, 4) is 17.4 Å². The van der Waals surface area contributed by atoms with E-state index in [1.165, 1.54) is 0 Å². The normalized spacial score (nSPS) is 10.3. The summed E-state index contributed by atoms with van der Waals surface area (Å²) in [5.41, 5.74) is 0. The van der Waals surface area contributed by atoms with Crippen LogP contribution in [0.3, 0.4) is 0 Å². The molecule has 0 unspecified atom stereocenters. The second-order valence-electron chi connectivity index (χ2n) is 3.78. The Morgan fingerprint density at radius 2 is 1.84 bits per heavy atom. The average Bonchev–Trinajstić information content (AvgIpc) is 2.40. The zero-order valence-corrected chi connectivity index (χ0v) is 12.5. The first-order chi connectivity index (χ1) is 9.22. The van der Waals surface area contributed by atoms with Crippen LogP contribution in [0.1, 0.15) is 19.7 Å². The molecule has 0 spiro atoms. The number of aryl methyl sites for hydroxylation is 1. The SMILES string of the molecule is CCOc1ccccc1Oc1cc(Br)nc(CC)n1. The van der Waals surface area contributed by atoms with E-state index in [0.717, 1.165) is 12.2 Å². The third kappa shape index (κ3) is 3.67. The van der Waals surface area contributed by atoms with Gasteiger partial charge in [0, 0.05) is 12.5 Å². The summed E-state index contributed by atoms with van der Waals surface area (Å²) < 4.78 is 12.0. The van der Waals surface area contributed by atoms with Gasteiger partial charge < -0.3 is 9.47 Å². The number of para-hydroxylation sites is 2. The molecule has 19 heavy (non-hydrogen) atoms. The lowest BCUT2D eigenvalue weighted by Gasteiger charge is -2.11. The van der Waals surface area contributed by atoms with E-state index in [1.54, 1.807) is 6.07 Å². The van der Waals surface area contributed by atoms with Gasteiger partial charge in [-0.2, -0.15) is 4.98 Å². The van der Waals surface area contributed by atoms with Crippen molar-refractivity contribution in [2.45, 2.75) is 20.3 Å². The molecule has 0 fully saturated rings. The standard InChI is InChI=1S/C14H15BrN2O2/c1-3-13-16-12(15)9-14(17-13)19-11-8-6-5-7-10(11)18-4-2/h5-9H,3-4H2,1-2H3.